The van der Waals surface area contributed by atoms with E-state index in [9.17, 15) is 24.5 Å². The molecule has 0 saturated carbocycles. The van der Waals surface area contributed by atoms with E-state index in [4.69, 9.17) is 14.2 Å². The highest BCUT2D eigenvalue weighted by atomic mass is 16.9. The summed E-state index contributed by atoms with van der Waals surface area (Å²) in [5, 5.41) is 11.4. The third kappa shape index (κ3) is 7.59. The van der Waals surface area contributed by atoms with Crippen LogP contribution in [0.5, 0.6) is 11.5 Å². The van der Waals surface area contributed by atoms with E-state index in [0.29, 0.717) is 19.3 Å². The minimum absolute atomic E-state index is 0.0633. The molecule has 0 heterocycles. The number of nitrogens with one attached hydrogen (secondary N) is 1. The molecular formula is C16H20N2O9. The molecule has 0 aliphatic carbocycles. The van der Waals surface area contributed by atoms with Crippen molar-refractivity contribution in [1.82, 2.24) is 5.32 Å². The molecule has 1 aromatic rings. The number of esters is 2. The summed E-state index contributed by atoms with van der Waals surface area (Å²) in [6, 6.07) is 3.25. The van der Waals surface area contributed by atoms with Crippen molar-refractivity contribution in [1.29, 1.82) is 0 Å². The number of nitrogens with zero attached hydrogens (tertiary/aromatic N) is 1. The molecule has 0 spiro atoms. The van der Waals surface area contributed by atoms with E-state index in [2.05, 4.69) is 10.2 Å². The molecule has 1 amide bonds. The van der Waals surface area contributed by atoms with Crippen molar-refractivity contribution >= 4 is 18.3 Å². The summed E-state index contributed by atoms with van der Waals surface area (Å²) in [6.45, 7) is 1.44. The number of carbonyl (C=O) groups is 3. The standard InChI is InChI=1S/C16H20N2O9/c1-11(17-10-19)15(20)27-13-6-5-12(9-14(13)24-2)16(21)25-7-3-4-8-26-18(22)23/h5-6,9-11H,3-4,7-8H2,1-2H3,(H,17,19). The van der Waals surface area contributed by atoms with Gasteiger partial charge in [-0.3, -0.25) is 4.79 Å². The second-order valence-electron chi connectivity index (χ2n) is 5.19. The van der Waals surface area contributed by atoms with E-state index in [1.807, 2.05) is 0 Å². The Balaban J connectivity index is 2.59. The lowest BCUT2D eigenvalue weighted by Gasteiger charge is -2.13. The summed E-state index contributed by atoms with van der Waals surface area (Å²) in [4.78, 5) is 48.3. The molecule has 0 aromatic heterocycles. The molecule has 1 atom stereocenters. The molecule has 0 bridgehead atoms. The lowest BCUT2D eigenvalue weighted by Crippen LogP contribution is -2.36. The van der Waals surface area contributed by atoms with Gasteiger partial charge in [0, 0.05) is 0 Å². The van der Waals surface area contributed by atoms with Crippen LogP contribution < -0.4 is 14.8 Å². The molecule has 1 unspecified atom stereocenters. The average molecular weight is 384 g/mol. The molecular weight excluding hydrogens is 364 g/mol. The molecule has 148 valence electrons. The Hall–Kier alpha value is -3.37. The van der Waals surface area contributed by atoms with E-state index < -0.39 is 23.1 Å². The van der Waals surface area contributed by atoms with E-state index in [1.165, 1.54) is 32.2 Å². The van der Waals surface area contributed by atoms with Gasteiger partial charge in [0.25, 0.3) is 5.09 Å². The summed E-state index contributed by atoms with van der Waals surface area (Å²) in [5.41, 5.74) is 0.173. The number of hydrogen-bond acceptors (Lipinski definition) is 9. The van der Waals surface area contributed by atoms with Crippen molar-refractivity contribution in [3.8, 4) is 11.5 Å². The number of rotatable bonds is 12. The Kier molecular flexibility index (Phi) is 9.06. The fourth-order valence-electron chi connectivity index (χ4n) is 1.84. The smallest absolute Gasteiger partial charge is 0.338 e. The van der Waals surface area contributed by atoms with E-state index in [1.54, 1.807) is 0 Å². The summed E-state index contributed by atoms with van der Waals surface area (Å²) in [6.07, 6.45) is 1.14. The molecule has 0 radical (unpaired) electrons. The number of benzene rings is 1. The van der Waals surface area contributed by atoms with Crippen molar-refractivity contribution in [2.45, 2.75) is 25.8 Å². The zero-order valence-corrected chi connectivity index (χ0v) is 14.8. The van der Waals surface area contributed by atoms with Crippen LogP contribution >= 0.6 is 0 Å². The Morgan fingerprint density at radius 3 is 2.59 bits per heavy atom. The van der Waals surface area contributed by atoms with Crippen molar-refractivity contribution in [2.24, 2.45) is 0 Å². The van der Waals surface area contributed by atoms with Crippen LogP contribution in [0.25, 0.3) is 0 Å². The van der Waals surface area contributed by atoms with Crippen LogP contribution in [-0.2, 0) is 19.2 Å². The van der Waals surface area contributed by atoms with E-state index in [0.717, 1.165) is 0 Å². The highest BCUT2D eigenvalue weighted by molar-refractivity contribution is 5.90. The quantitative estimate of drug-likeness (QED) is 0.139. The van der Waals surface area contributed by atoms with Crippen LogP contribution in [0.1, 0.15) is 30.1 Å². The first-order valence-corrected chi connectivity index (χ1v) is 7.93. The SMILES string of the molecule is COc1cc(C(=O)OCCCCO[N+](=O)[O-])ccc1OC(=O)C(C)NC=O. The van der Waals surface area contributed by atoms with Crippen LogP contribution in [0.15, 0.2) is 18.2 Å². The third-order valence-corrected chi connectivity index (χ3v) is 3.25. The highest BCUT2D eigenvalue weighted by Crippen LogP contribution is 2.28. The molecule has 0 aliphatic heterocycles. The largest absolute Gasteiger partial charge is 0.493 e. The van der Waals surface area contributed by atoms with Crippen molar-refractivity contribution in [2.75, 3.05) is 20.3 Å². The number of carbonyl (C=O) groups excluding carboxylic acids is 3. The van der Waals surface area contributed by atoms with Gasteiger partial charge in [0.15, 0.2) is 11.5 Å². The summed E-state index contributed by atoms with van der Waals surface area (Å²) in [5.74, 6) is -1.11. The first-order valence-electron chi connectivity index (χ1n) is 7.93. The minimum Gasteiger partial charge on any atom is -0.493 e. The van der Waals surface area contributed by atoms with Crippen LogP contribution in [0.3, 0.4) is 0 Å². The van der Waals surface area contributed by atoms with Crippen LogP contribution in [-0.4, -0.2) is 49.8 Å². The van der Waals surface area contributed by atoms with Gasteiger partial charge in [0.05, 0.1) is 25.9 Å². The number of amides is 1. The summed E-state index contributed by atoms with van der Waals surface area (Å²) in [7, 11) is 1.34. The Bertz CT molecular complexity index is 678. The lowest BCUT2D eigenvalue weighted by molar-refractivity contribution is -0.757. The normalized spacial score (nSPS) is 11.0. The summed E-state index contributed by atoms with van der Waals surface area (Å²) >= 11 is 0. The topological polar surface area (TPSA) is 143 Å². The van der Waals surface area contributed by atoms with Crippen molar-refractivity contribution < 1.29 is 38.5 Å². The van der Waals surface area contributed by atoms with Gasteiger partial charge in [0.2, 0.25) is 6.41 Å². The number of hydrogen-bond donors (Lipinski definition) is 1. The van der Waals surface area contributed by atoms with Crippen LogP contribution in [0, 0.1) is 10.1 Å². The van der Waals surface area contributed by atoms with Gasteiger partial charge in [0.1, 0.15) is 6.04 Å². The fourth-order valence-corrected chi connectivity index (χ4v) is 1.84. The first kappa shape index (κ1) is 21.7. The van der Waals surface area contributed by atoms with Gasteiger partial charge in [-0.2, -0.15) is 0 Å². The molecule has 0 fully saturated rings. The maximum atomic E-state index is 12.0. The van der Waals surface area contributed by atoms with E-state index >= 15 is 0 Å². The van der Waals surface area contributed by atoms with Crippen molar-refractivity contribution in [3.05, 3.63) is 33.9 Å². The zero-order chi connectivity index (χ0) is 20.2. The zero-order valence-electron chi connectivity index (χ0n) is 14.8. The number of methoxy groups -OCH3 is 1. The molecule has 1 aromatic carbocycles. The van der Waals surface area contributed by atoms with Gasteiger partial charge in [-0.05, 0) is 38.0 Å². The monoisotopic (exact) mass is 384 g/mol. The maximum Gasteiger partial charge on any atom is 0.338 e. The van der Waals surface area contributed by atoms with Crippen molar-refractivity contribution in [3.63, 3.8) is 0 Å². The van der Waals surface area contributed by atoms with Gasteiger partial charge in [-0.1, -0.05) is 0 Å². The third-order valence-electron chi connectivity index (χ3n) is 3.25. The Morgan fingerprint density at radius 1 is 1.26 bits per heavy atom. The van der Waals surface area contributed by atoms with Crippen LogP contribution in [0.4, 0.5) is 0 Å². The lowest BCUT2D eigenvalue weighted by atomic mass is 10.2. The molecule has 27 heavy (non-hydrogen) atoms. The maximum absolute atomic E-state index is 12.0. The second kappa shape index (κ2) is 11.3. The first-order chi connectivity index (χ1) is 12.9. The van der Waals surface area contributed by atoms with Gasteiger partial charge < -0.3 is 24.4 Å². The number of ether oxygens (including phenoxy) is 3. The fraction of sp³-hybridized carbons (Fsp3) is 0.438. The van der Waals surface area contributed by atoms with Crippen LogP contribution in [0.2, 0.25) is 0 Å². The molecule has 1 rings (SSSR count). The van der Waals surface area contributed by atoms with E-state index in [-0.39, 0.29) is 30.3 Å². The van der Waals surface area contributed by atoms with Gasteiger partial charge in [-0.15, -0.1) is 10.1 Å². The molecule has 1 N–H and O–H groups in total. The molecule has 0 saturated heterocycles. The number of unbranched alkanes of at least 4 members (excludes halogenated alkanes) is 1. The Labute approximate surface area is 154 Å². The van der Waals surface area contributed by atoms with Gasteiger partial charge >= 0.3 is 11.9 Å². The molecule has 11 nitrogen and oxygen atoms in total. The average Bonchev–Trinajstić information content (AvgIpc) is 2.64. The second-order valence-corrected chi connectivity index (χ2v) is 5.19. The molecule has 0 aliphatic rings. The Morgan fingerprint density at radius 2 is 1.96 bits per heavy atom. The predicted molar refractivity (Wildman–Crippen MR) is 89.8 cm³/mol. The predicted octanol–water partition coefficient (Wildman–Crippen LogP) is 0.880. The highest BCUT2D eigenvalue weighted by Gasteiger charge is 2.18. The molecule has 11 heteroatoms. The summed E-state index contributed by atoms with van der Waals surface area (Å²) < 4.78 is 15.3. The van der Waals surface area contributed by atoms with Gasteiger partial charge in [-0.25, -0.2) is 9.59 Å². The minimum atomic E-state index is -0.886.